The third kappa shape index (κ3) is 1.66. The fourth-order valence-corrected chi connectivity index (χ4v) is 3.13. The molecule has 3 nitrogen and oxygen atoms in total. The largest absolute Gasteiger partial charge is 0.426 e. The summed E-state index contributed by atoms with van der Waals surface area (Å²) in [6.45, 7) is 3.74. The highest BCUT2D eigenvalue weighted by Gasteiger charge is 2.42. The van der Waals surface area contributed by atoms with Crippen LogP contribution in [0.5, 0.6) is 5.75 Å². The summed E-state index contributed by atoms with van der Waals surface area (Å²) in [4.78, 5) is 12.0. The van der Waals surface area contributed by atoms with Gasteiger partial charge in [0.2, 0.25) is 0 Å². The highest BCUT2D eigenvalue weighted by molar-refractivity contribution is 9.08. The van der Waals surface area contributed by atoms with E-state index in [4.69, 9.17) is 4.74 Å². The van der Waals surface area contributed by atoms with E-state index in [1.54, 1.807) is 6.07 Å². The lowest BCUT2D eigenvalue weighted by Crippen LogP contribution is -2.26. The number of fused-ring (bicyclic) bond motifs is 3. The normalized spacial score (nSPS) is 15.8. The summed E-state index contributed by atoms with van der Waals surface area (Å²) in [6.07, 6.45) is 0. The average molecular weight is 330 g/mol. The van der Waals surface area contributed by atoms with Crippen molar-refractivity contribution in [1.82, 2.24) is 0 Å². The molecule has 3 rings (SSSR count). The molecule has 0 aliphatic carbocycles. The molecule has 0 spiro atoms. The number of hydrogen-bond acceptors (Lipinski definition) is 3. The fourth-order valence-electron chi connectivity index (χ4n) is 2.67. The molecule has 0 aromatic heterocycles. The summed E-state index contributed by atoms with van der Waals surface area (Å²) < 4.78 is 5.34. The first-order valence-electron chi connectivity index (χ1n) is 6.27. The zero-order chi connectivity index (χ0) is 14.5. The highest BCUT2D eigenvalue weighted by Crippen LogP contribution is 2.44. The van der Waals surface area contributed by atoms with Gasteiger partial charge in [0.25, 0.3) is 0 Å². The average Bonchev–Trinajstić information content (AvgIpc) is 2.67. The number of alkyl halides is 1. The van der Waals surface area contributed by atoms with Crippen LogP contribution in [0.15, 0.2) is 24.3 Å². The second kappa shape index (κ2) is 4.32. The Bertz CT molecular complexity index is 787. The Hall–Kier alpha value is -1.86. The van der Waals surface area contributed by atoms with Crippen LogP contribution in [0.1, 0.15) is 30.5 Å². The molecule has 0 saturated carbocycles. The Morgan fingerprint density at radius 3 is 2.75 bits per heavy atom. The monoisotopic (exact) mass is 329 g/mol. The second-order valence-corrected chi connectivity index (χ2v) is 5.99. The Labute approximate surface area is 125 Å². The lowest BCUT2D eigenvalue weighted by Gasteiger charge is -2.16. The van der Waals surface area contributed by atoms with Crippen molar-refractivity contribution in [2.45, 2.75) is 24.6 Å². The number of carbonyl (C=O) groups is 1. The summed E-state index contributed by atoms with van der Waals surface area (Å²) in [6, 6.07) is 9.75. The van der Waals surface area contributed by atoms with Crippen LogP contribution in [0.2, 0.25) is 0 Å². The van der Waals surface area contributed by atoms with Gasteiger partial charge in [-0.3, -0.25) is 4.79 Å². The quantitative estimate of drug-likeness (QED) is 0.454. The number of ether oxygens (including phenoxy) is 1. The first kappa shape index (κ1) is 13.1. The molecule has 20 heavy (non-hydrogen) atoms. The standard InChI is InChI=1S/C16H12BrNO2/c1-16(2)14-12-6-10(7-17)11(8-18)5-9(12)3-4-13(14)20-15(16)19/h3-6H,7H2,1-2H3. The Morgan fingerprint density at radius 1 is 1.35 bits per heavy atom. The number of nitrogens with zero attached hydrogens (tertiary/aromatic N) is 1. The molecule has 0 amide bonds. The van der Waals surface area contributed by atoms with Crippen molar-refractivity contribution in [3.63, 3.8) is 0 Å². The van der Waals surface area contributed by atoms with E-state index in [9.17, 15) is 10.1 Å². The van der Waals surface area contributed by atoms with Gasteiger partial charge >= 0.3 is 5.97 Å². The van der Waals surface area contributed by atoms with Gasteiger partial charge in [-0.25, -0.2) is 0 Å². The molecule has 2 aromatic rings. The third-order valence-corrected chi connectivity index (χ3v) is 4.41. The van der Waals surface area contributed by atoms with Crippen LogP contribution >= 0.6 is 15.9 Å². The molecule has 0 N–H and O–H groups in total. The zero-order valence-corrected chi connectivity index (χ0v) is 12.7. The van der Waals surface area contributed by atoms with Crippen LogP contribution < -0.4 is 4.74 Å². The predicted molar refractivity (Wildman–Crippen MR) is 80.0 cm³/mol. The second-order valence-electron chi connectivity index (χ2n) is 5.43. The van der Waals surface area contributed by atoms with E-state index in [-0.39, 0.29) is 5.97 Å². The Kier molecular flexibility index (Phi) is 2.84. The van der Waals surface area contributed by atoms with Gasteiger partial charge in [-0.15, -0.1) is 0 Å². The van der Waals surface area contributed by atoms with Crippen LogP contribution in [0.25, 0.3) is 10.8 Å². The SMILES string of the molecule is CC1(C)C(=O)Oc2ccc3cc(C#N)c(CBr)cc3c21. The minimum absolute atomic E-state index is 0.232. The van der Waals surface area contributed by atoms with Gasteiger partial charge in [0.1, 0.15) is 5.75 Å². The number of esters is 1. The van der Waals surface area contributed by atoms with Crippen molar-refractivity contribution >= 4 is 32.7 Å². The Balaban J connectivity index is 2.41. The van der Waals surface area contributed by atoms with Gasteiger partial charge in [0, 0.05) is 10.9 Å². The zero-order valence-electron chi connectivity index (χ0n) is 11.2. The maximum atomic E-state index is 12.0. The van der Waals surface area contributed by atoms with E-state index >= 15 is 0 Å². The van der Waals surface area contributed by atoms with Crippen molar-refractivity contribution < 1.29 is 9.53 Å². The molecule has 0 radical (unpaired) electrons. The van der Waals surface area contributed by atoms with Gasteiger partial charge < -0.3 is 4.74 Å². The van der Waals surface area contributed by atoms with Crippen molar-refractivity contribution in [1.29, 1.82) is 5.26 Å². The minimum Gasteiger partial charge on any atom is -0.426 e. The van der Waals surface area contributed by atoms with E-state index in [1.165, 1.54) is 0 Å². The minimum atomic E-state index is -0.660. The fraction of sp³-hybridized carbons (Fsp3) is 0.250. The Morgan fingerprint density at radius 2 is 2.10 bits per heavy atom. The molecular weight excluding hydrogens is 318 g/mol. The number of rotatable bonds is 1. The van der Waals surface area contributed by atoms with E-state index in [2.05, 4.69) is 22.0 Å². The lowest BCUT2D eigenvalue weighted by molar-refractivity contribution is -0.137. The van der Waals surface area contributed by atoms with E-state index in [0.29, 0.717) is 16.6 Å². The maximum absolute atomic E-state index is 12.0. The molecule has 0 fully saturated rings. The molecule has 0 bridgehead atoms. The number of carbonyl (C=O) groups excluding carboxylic acids is 1. The van der Waals surface area contributed by atoms with Crippen LogP contribution in [0, 0.1) is 11.3 Å². The van der Waals surface area contributed by atoms with Crippen LogP contribution in [0.3, 0.4) is 0 Å². The molecule has 0 saturated heterocycles. The number of halogens is 1. The molecule has 0 unspecified atom stereocenters. The molecule has 1 aliphatic heterocycles. The van der Waals surface area contributed by atoms with Gasteiger partial charge in [-0.1, -0.05) is 22.0 Å². The molecule has 1 heterocycles. The van der Waals surface area contributed by atoms with E-state index in [1.807, 2.05) is 32.0 Å². The van der Waals surface area contributed by atoms with Gasteiger partial charge in [0.15, 0.2) is 0 Å². The maximum Gasteiger partial charge on any atom is 0.321 e. The van der Waals surface area contributed by atoms with Crippen LogP contribution in [-0.4, -0.2) is 5.97 Å². The molecule has 0 atom stereocenters. The molecule has 4 heteroatoms. The molecule has 1 aliphatic rings. The summed E-state index contributed by atoms with van der Waals surface area (Å²) >= 11 is 3.41. The van der Waals surface area contributed by atoms with E-state index in [0.717, 1.165) is 21.9 Å². The van der Waals surface area contributed by atoms with Gasteiger partial charge in [-0.05, 0) is 48.4 Å². The highest BCUT2D eigenvalue weighted by atomic mass is 79.9. The van der Waals surface area contributed by atoms with Gasteiger partial charge in [-0.2, -0.15) is 5.26 Å². The summed E-state index contributed by atoms with van der Waals surface area (Å²) in [7, 11) is 0. The van der Waals surface area contributed by atoms with Gasteiger partial charge in [0.05, 0.1) is 17.0 Å². The molecule has 2 aromatic carbocycles. The molecule has 100 valence electrons. The third-order valence-electron chi connectivity index (χ3n) is 3.81. The molecular formula is C16H12BrNO2. The topological polar surface area (TPSA) is 50.1 Å². The van der Waals surface area contributed by atoms with Crippen LogP contribution in [0.4, 0.5) is 0 Å². The summed E-state index contributed by atoms with van der Waals surface area (Å²) in [5.41, 5.74) is 1.82. The summed E-state index contributed by atoms with van der Waals surface area (Å²) in [5.74, 6) is 0.391. The first-order valence-corrected chi connectivity index (χ1v) is 7.39. The first-order chi connectivity index (χ1) is 9.48. The smallest absolute Gasteiger partial charge is 0.321 e. The number of benzene rings is 2. The lowest BCUT2D eigenvalue weighted by atomic mass is 9.82. The van der Waals surface area contributed by atoms with Crippen molar-refractivity contribution in [3.05, 3.63) is 41.0 Å². The number of nitriles is 1. The van der Waals surface area contributed by atoms with Crippen molar-refractivity contribution in [3.8, 4) is 11.8 Å². The summed E-state index contributed by atoms with van der Waals surface area (Å²) in [5, 5.41) is 11.7. The van der Waals surface area contributed by atoms with Crippen molar-refractivity contribution in [2.75, 3.05) is 0 Å². The van der Waals surface area contributed by atoms with E-state index < -0.39 is 5.41 Å². The van der Waals surface area contributed by atoms with Crippen LogP contribution in [-0.2, 0) is 15.5 Å². The number of hydrogen-bond donors (Lipinski definition) is 0. The predicted octanol–water partition coefficient (Wildman–Crippen LogP) is 3.80. The van der Waals surface area contributed by atoms with Crippen molar-refractivity contribution in [2.24, 2.45) is 0 Å².